The molecule has 0 unspecified atom stereocenters. The number of aliphatic hydroxyl groups excluding tert-OH is 1. The Kier molecular flexibility index (Phi) is 4.43. The van der Waals surface area contributed by atoms with Crippen LogP contribution in [-0.4, -0.2) is 41.7 Å². The molecule has 0 fully saturated rings. The van der Waals surface area contributed by atoms with Crippen LogP contribution in [-0.2, 0) is 6.42 Å². The van der Waals surface area contributed by atoms with Crippen LogP contribution in [0, 0.1) is 0 Å². The predicted octanol–water partition coefficient (Wildman–Crippen LogP) is 0.548. The molecule has 3 heteroatoms. The molecule has 0 radical (unpaired) electrons. The van der Waals surface area contributed by atoms with Crippen molar-refractivity contribution in [3.63, 3.8) is 0 Å². The number of aromatic nitrogens is 1. The molecule has 0 spiro atoms. The summed E-state index contributed by atoms with van der Waals surface area (Å²) in [6, 6.07) is 4.02. The van der Waals surface area contributed by atoms with Crippen LogP contribution in [0.2, 0.25) is 0 Å². The third-order valence-corrected chi connectivity index (χ3v) is 1.99. The van der Waals surface area contributed by atoms with Gasteiger partial charge in [0.05, 0.1) is 6.61 Å². The highest BCUT2D eigenvalue weighted by Gasteiger charge is 1.97. The quantitative estimate of drug-likeness (QED) is 0.719. The first-order valence-electron chi connectivity index (χ1n) is 4.51. The summed E-state index contributed by atoms with van der Waals surface area (Å²) in [5, 5.41) is 8.68. The van der Waals surface area contributed by atoms with Gasteiger partial charge in [-0.3, -0.25) is 4.98 Å². The van der Waals surface area contributed by atoms with Crippen molar-refractivity contribution in [3.8, 4) is 0 Å². The highest BCUT2D eigenvalue weighted by molar-refractivity contribution is 5.08. The van der Waals surface area contributed by atoms with Gasteiger partial charge >= 0.3 is 0 Å². The zero-order chi connectivity index (χ0) is 9.52. The van der Waals surface area contributed by atoms with Gasteiger partial charge in [0.25, 0.3) is 0 Å². The van der Waals surface area contributed by atoms with E-state index in [4.69, 9.17) is 5.11 Å². The minimum atomic E-state index is 0.226. The molecule has 0 aliphatic carbocycles. The molecule has 0 aromatic carbocycles. The normalized spacial score (nSPS) is 10.7. The SMILES string of the molecule is CN(CCO)CCc1cccnc1. The Morgan fingerprint density at radius 2 is 2.31 bits per heavy atom. The van der Waals surface area contributed by atoms with Crippen LogP contribution in [0.25, 0.3) is 0 Å². The van der Waals surface area contributed by atoms with Crippen molar-refractivity contribution < 1.29 is 5.11 Å². The van der Waals surface area contributed by atoms with Gasteiger partial charge < -0.3 is 10.0 Å². The number of hydrogen-bond acceptors (Lipinski definition) is 3. The lowest BCUT2D eigenvalue weighted by Crippen LogP contribution is -2.24. The molecule has 1 N–H and O–H groups in total. The number of nitrogens with zero attached hydrogens (tertiary/aromatic N) is 2. The van der Waals surface area contributed by atoms with Crippen LogP contribution in [0.3, 0.4) is 0 Å². The monoisotopic (exact) mass is 180 g/mol. The van der Waals surface area contributed by atoms with E-state index in [2.05, 4.69) is 16.0 Å². The molecule has 0 saturated carbocycles. The number of hydrogen-bond donors (Lipinski definition) is 1. The maximum atomic E-state index is 8.68. The molecule has 0 aliphatic rings. The average Bonchev–Trinajstić information content (AvgIpc) is 2.17. The van der Waals surface area contributed by atoms with E-state index in [1.807, 2.05) is 19.3 Å². The summed E-state index contributed by atoms with van der Waals surface area (Å²) >= 11 is 0. The van der Waals surface area contributed by atoms with Gasteiger partial charge in [0.1, 0.15) is 0 Å². The molecule has 72 valence electrons. The van der Waals surface area contributed by atoms with E-state index in [1.54, 1.807) is 6.20 Å². The molecule has 1 aromatic rings. The van der Waals surface area contributed by atoms with Crippen LogP contribution < -0.4 is 0 Å². The van der Waals surface area contributed by atoms with E-state index >= 15 is 0 Å². The summed E-state index contributed by atoms with van der Waals surface area (Å²) in [5.41, 5.74) is 1.24. The van der Waals surface area contributed by atoms with Gasteiger partial charge in [0.2, 0.25) is 0 Å². The van der Waals surface area contributed by atoms with Crippen molar-refractivity contribution in [2.45, 2.75) is 6.42 Å². The van der Waals surface area contributed by atoms with E-state index in [0.29, 0.717) is 0 Å². The van der Waals surface area contributed by atoms with Crippen LogP contribution in [0.4, 0.5) is 0 Å². The fourth-order valence-corrected chi connectivity index (χ4v) is 1.15. The molecule has 0 saturated heterocycles. The molecule has 0 bridgehead atoms. The molecule has 1 heterocycles. The highest BCUT2D eigenvalue weighted by Crippen LogP contribution is 1.97. The molecule has 1 aromatic heterocycles. The second-order valence-electron chi connectivity index (χ2n) is 3.14. The maximum Gasteiger partial charge on any atom is 0.0558 e. The Balaban J connectivity index is 2.27. The van der Waals surface area contributed by atoms with Crippen molar-refractivity contribution in [3.05, 3.63) is 30.1 Å². The topological polar surface area (TPSA) is 36.4 Å². The second kappa shape index (κ2) is 5.67. The van der Waals surface area contributed by atoms with E-state index in [0.717, 1.165) is 19.5 Å². The first kappa shape index (κ1) is 10.2. The summed E-state index contributed by atoms with van der Waals surface area (Å²) in [7, 11) is 2.01. The van der Waals surface area contributed by atoms with Gasteiger partial charge in [0.15, 0.2) is 0 Å². The minimum absolute atomic E-state index is 0.226. The lowest BCUT2D eigenvalue weighted by atomic mass is 10.2. The van der Waals surface area contributed by atoms with Crippen molar-refractivity contribution in [1.82, 2.24) is 9.88 Å². The number of aliphatic hydroxyl groups is 1. The molecular weight excluding hydrogens is 164 g/mol. The number of pyridine rings is 1. The number of likely N-dealkylation sites (N-methyl/N-ethyl adjacent to an activating group) is 1. The summed E-state index contributed by atoms with van der Waals surface area (Å²) in [5.74, 6) is 0. The zero-order valence-electron chi connectivity index (χ0n) is 7.98. The maximum absolute atomic E-state index is 8.68. The van der Waals surface area contributed by atoms with Crippen LogP contribution in [0.1, 0.15) is 5.56 Å². The smallest absolute Gasteiger partial charge is 0.0558 e. The first-order chi connectivity index (χ1) is 6.33. The Morgan fingerprint density at radius 1 is 1.46 bits per heavy atom. The van der Waals surface area contributed by atoms with Crippen molar-refractivity contribution in [2.24, 2.45) is 0 Å². The lowest BCUT2D eigenvalue weighted by Gasteiger charge is -2.14. The third kappa shape index (κ3) is 4.01. The Morgan fingerprint density at radius 3 is 2.92 bits per heavy atom. The fourth-order valence-electron chi connectivity index (χ4n) is 1.15. The third-order valence-electron chi connectivity index (χ3n) is 1.99. The number of rotatable bonds is 5. The second-order valence-corrected chi connectivity index (χ2v) is 3.14. The minimum Gasteiger partial charge on any atom is -0.395 e. The van der Waals surface area contributed by atoms with Crippen molar-refractivity contribution >= 4 is 0 Å². The van der Waals surface area contributed by atoms with E-state index in [-0.39, 0.29) is 6.61 Å². The molecule has 3 nitrogen and oxygen atoms in total. The van der Waals surface area contributed by atoms with E-state index in [1.165, 1.54) is 5.56 Å². The lowest BCUT2D eigenvalue weighted by molar-refractivity contribution is 0.223. The largest absolute Gasteiger partial charge is 0.395 e. The Bertz CT molecular complexity index is 226. The Labute approximate surface area is 79.0 Å². The standard InChI is InChI=1S/C10H16N2O/c1-12(7-8-13)6-4-10-3-2-5-11-9-10/h2-3,5,9,13H,4,6-8H2,1H3. The van der Waals surface area contributed by atoms with Crippen molar-refractivity contribution in [2.75, 3.05) is 26.7 Å². The van der Waals surface area contributed by atoms with Crippen molar-refractivity contribution in [1.29, 1.82) is 0 Å². The Hall–Kier alpha value is -0.930. The average molecular weight is 180 g/mol. The highest BCUT2D eigenvalue weighted by atomic mass is 16.3. The molecular formula is C10H16N2O. The van der Waals surface area contributed by atoms with Gasteiger partial charge in [-0.05, 0) is 25.1 Å². The summed E-state index contributed by atoms with van der Waals surface area (Å²) in [6.45, 7) is 1.93. The summed E-state index contributed by atoms with van der Waals surface area (Å²) < 4.78 is 0. The molecule has 0 atom stereocenters. The van der Waals surface area contributed by atoms with Gasteiger partial charge in [-0.15, -0.1) is 0 Å². The first-order valence-corrected chi connectivity index (χ1v) is 4.51. The van der Waals surface area contributed by atoms with Gasteiger partial charge in [-0.1, -0.05) is 6.07 Å². The summed E-state index contributed by atoms with van der Waals surface area (Å²) in [4.78, 5) is 6.14. The van der Waals surface area contributed by atoms with Crippen LogP contribution >= 0.6 is 0 Å². The van der Waals surface area contributed by atoms with E-state index < -0.39 is 0 Å². The van der Waals surface area contributed by atoms with Gasteiger partial charge in [0, 0.05) is 25.5 Å². The predicted molar refractivity (Wildman–Crippen MR) is 52.5 cm³/mol. The van der Waals surface area contributed by atoms with Crippen LogP contribution in [0.15, 0.2) is 24.5 Å². The van der Waals surface area contributed by atoms with Gasteiger partial charge in [-0.25, -0.2) is 0 Å². The van der Waals surface area contributed by atoms with Gasteiger partial charge in [-0.2, -0.15) is 0 Å². The summed E-state index contributed by atoms with van der Waals surface area (Å²) in [6.07, 6.45) is 4.65. The molecule has 1 rings (SSSR count). The fraction of sp³-hybridized carbons (Fsp3) is 0.500. The molecule has 0 amide bonds. The molecule has 13 heavy (non-hydrogen) atoms. The van der Waals surface area contributed by atoms with Crippen LogP contribution in [0.5, 0.6) is 0 Å². The molecule has 0 aliphatic heterocycles. The van der Waals surface area contributed by atoms with E-state index in [9.17, 15) is 0 Å². The zero-order valence-corrected chi connectivity index (χ0v) is 7.98.